The Morgan fingerprint density at radius 1 is 1.67 bits per heavy atom. The molecule has 0 saturated heterocycles. The predicted molar refractivity (Wildman–Crippen MR) is 60.6 cm³/mol. The highest BCUT2D eigenvalue weighted by Crippen LogP contribution is 2.20. The fraction of sp³-hybridized carbons (Fsp3) is 0.400. The number of methoxy groups -OCH3 is 1. The lowest BCUT2D eigenvalue weighted by atomic mass is 10.2. The number of aromatic nitrogens is 1. The van der Waals surface area contributed by atoms with Gasteiger partial charge < -0.3 is 10.5 Å². The Bertz CT molecular complexity index is 327. The zero-order valence-electron chi connectivity index (χ0n) is 8.77. The van der Waals surface area contributed by atoms with Gasteiger partial charge >= 0.3 is 5.97 Å². The first-order valence-electron chi connectivity index (χ1n) is 4.55. The smallest absolute Gasteiger partial charge is 0.309 e. The number of ether oxygens (including phenoxy) is 1. The van der Waals surface area contributed by atoms with E-state index in [1.54, 1.807) is 24.0 Å². The molecule has 1 unspecified atom stereocenters. The molecule has 0 bridgehead atoms. The van der Waals surface area contributed by atoms with Crippen LogP contribution in [0.15, 0.2) is 23.2 Å². The van der Waals surface area contributed by atoms with E-state index in [-0.39, 0.29) is 11.9 Å². The highest BCUT2D eigenvalue weighted by atomic mass is 32.2. The summed E-state index contributed by atoms with van der Waals surface area (Å²) in [5.74, 6) is 0.877. The van der Waals surface area contributed by atoms with Crippen molar-refractivity contribution in [3.05, 3.63) is 18.3 Å². The number of pyridine rings is 1. The number of carbonyl (C=O) groups is 1. The standard InChI is InChI=1S/C10H14N2O2S/c1-7(10(13)14-2)6-15-8-3-4-9(11)12-5-8/h3-5,7H,6H2,1-2H3,(H2,11,12). The third-order valence-electron chi connectivity index (χ3n) is 1.86. The maximum atomic E-state index is 11.1. The Morgan fingerprint density at radius 3 is 2.93 bits per heavy atom. The van der Waals surface area contributed by atoms with E-state index in [1.165, 1.54) is 7.11 Å². The van der Waals surface area contributed by atoms with Crippen LogP contribution in [0.4, 0.5) is 5.82 Å². The van der Waals surface area contributed by atoms with E-state index >= 15 is 0 Å². The zero-order valence-corrected chi connectivity index (χ0v) is 9.58. The van der Waals surface area contributed by atoms with E-state index in [2.05, 4.69) is 9.72 Å². The molecule has 5 heteroatoms. The van der Waals surface area contributed by atoms with Gasteiger partial charge in [-0.25, -0.2) is 4.98 Å². The molecule has 0 aliphatic heterocycles. The van der Waals surface area contributed by atoms with Crippen molar-refractivity contribution in [3.63, 3.8) is 0 Å². The maximum Gasteiger partial charge on any atom is 0.309 e. The average molecular weight is 226 g/mol. The minimum Gasteiger partial charge on any atom is -0.469 e. The van der Waals surface area contributed by atoms with Gasteiger partial charge in [0.25, 0.3) is 0 Å². The van der Waals surface area contributed by atoms with Gasteiger partial charge in [0.1, 0.15) is 5.82 Å². The summed E-state index contributed by atoms with van der Waals surface area (Å²) in [6, 6.07) is 3.63. The van der Waals surface area contributed by atoms with Crippen LogP contribution in [0.3, 0.4) is 0 Å². The lowest BCUT2D eigenvalue weighted by Crippen LogP contribution is -2.14. The monoisotopic (exact) mass is 226 g/mol. The molecule has 1 aromatic rings. The molecular weight excluding hydrogens is 212 g/mol. The Balaban J connectivity index is 2.43. The summed E-state index contributed by atoms with van der Waals surface area (Å²) in [5, 5.41) is 0. The van der Waals surface area contributed by atoms with Gasteiger partial charge in [-0.15, -0.1) is 11.8 Å². The van der Waals surface area contributed by atoms with Gasteiger partial charge in [-0.2, -0.15) is 0 Å². The highest BCUT2D eigenvalue weighted by Gasteiger charge is 2.12. The van der Waals surface area contributed by atoms with E-state index in [0.29, 0.717) is 11.6 Å². The van der Waals surface area contributed by atoms with E-state index in [1.807, 2.05) is 13.0 Å². The summed E-state index contributed by atoms with van der Waals surface area (Å²) in [6.07, 6.45) is 1.70. The fourth-order valence-electron chi connectivity index (χ4n) is 0.968. The van der Waals surface area contributed by atoms with Gasteiger partial charge in [-0.05, 0) is 12.1 Å². The van der Waals surface area contributed by atoms with Crippen LogP contribution in [-0.2, 0) is 9.53 Å². The van der Waals surface area contributed by atoms with Gasteiger partial charge in [0.2, 0.25) is 0 Å². The van der Waals surface area contributed by atoms with E-state index in [9.17, 15) is 4.79 Å². The zero-order chi connectivity index (χ0) is 11.3. The van der Waals surface area contributed by atoms with E-state index < -0.39 is 0 Å². The number of nitrogen functional groups attached to an aromatic ring is 1. The molecule has 0 aliphatic carbocycles. The number of rotatable bonds is 4. The SMILES string of the molecule is COC(=O)C(C)CSc1ccc(N)nc1. The molecule has 15 heavy (non-hydrogen) atoms. The number of anilines is 1. The number of nitrogens with two attached hydrogens (primary N) is 1. The molecule has 0 spiro atoms. The molecule has 0 aliphatic rings. The van der Waals surface area contributed by atoms with Gasteiger partial charge in [-0.3, -0.25) is 4.79 Å². The quantitative estimate of drug-likeness (QED) is 0.623. The second-order valence-corrected chi connectivity index (χ2v) is 4.25. The summed E-state index contributed by atoms with van der Waals surface area (Å²) < 4.78 is 4.63. The molecule has 1 rings (SSSR count). The first-order chi connectivity index (χ1) is 7.13. The van der Waals surface area contributed by atoms with Crippen molar-refractivity contribution in [2.24, 2.45) is 5.92 Å². The van der Waals surface area contributed by atoms with Crippen LogP contribution in [0.5, 0.6) is 0 Å². The summed E-state index contributed by atoms with van der Waals surface area (Å²) >= 11 is 1.56. The number of nitrogens with zero attached hydrogens (tertiary/aromatic N) is 1. The van der Waals surface area contributed by atoms with Gasteiger partial charge in [0, 0.05) is 16.8 Å². The van der Waals surface area contributed by atoms with Crippen molar-refractivity contribution in [2.45, 2.75) is 11.8 Å². The predicted octanol–water partition coefficient (Wildman–Crippen LogP) is 1.56. The summed E-state index contributed by atoms with van der Waals surface area (Å²) in [4.78, 5) is 16.1. The van der Waals surface area contributed by atoms with Crippen molar-refractivity contribution in [1.82, 2.24) is 4.98 Å². The third-order valence-corrected chi connectivity index (χ3v) is 3.10. The van der Waals surface area contributed by atoms with Crippen LogP contribution in [0, 0.1) is 5.92 Å². The lowest BCUT2D eigenvalue weighted by molar-refractivity contribution is -0.143. The molecule has 4 nitrogen and oxygen atoms in total. The molecule has 1 atom stereocenters. The molecule has 0 saturated carbocycles. The largest absolute Gasteiger partial charge is 0.469 e. The Hall–Kier alpha value is -1.23. The third kappa shape index (κ3) is 3.79. The van der Waals surface area contributed by atoms with Crippen molar-refractivity contribution in [1.29, 1.82) is 0 Å². The normalized spacial score (nSPS) is 12.1. The minimum atomic E-state index is -0.189. The van der Waals surface area contributed by atoms with Crippen molar-refractivity contribution >= 4 is 23.5 Å². The molecule has 1 heterocycles. The average Bonchev–Trinajstić information content (AvgIpc) is 2.26. The van der Waals surface area contributed by atoms with E-state index in [4.69, 9.17) is 5.73 Å². The summed E-state index contributed by atoms with van der Waals surface area (Å²) in [7, 11) is 1.40. The summed E-state index contributed by atoms with van der Waals surface area (Å²) in [6.45, 7) is 1.84. The van der Waals surface area contributed by atoms with Gasteiger partial charge in [0.05, 0.1) is 13.0 Å². The van der Waals surface area contributed by atoms with Crippen molar-refractivity contribution < 1.29 is 9.53 Å². The van der Waals surface area contributed by atoms with E-state index in [0.717, 1.165) is 4.90 Å². The van der Waals surface area contributed by atoms with Crippen LogP contribution in [0.1, 0.15) is 6.92 Å². The Morgan fingerprint density at radius 2 is 2.40 bits per heavy atom. The van der Waals surface area contributed by atoms with Gasteiger partial charge in [-0.1, -0.05) is 6.92 Å². The highest BCUT2D eigenvalue weighted by molar-refractivity contribution is 7.99. The van der Waals surface area contributed by atoms with Gasteiger partial charge in [0.15, 0.2) is 0 Å². The number of thioether (sulfide) groups is 1. The number of carbonyl (C=O) groups excluding carboxylic acids is 1. The number of hydrogen-bond acceptors (Lipinski definition) is 5. The minimum absolute atomic E-state index is 0.113. The summed E-state index contributed by atoms with van der Waals surface area (Å²) in [5.41, 5.74) is 5.46. The van der Waals surface area contributed by atoms with Crippen molar-refractivity contribution in [2.75, 3.05) is 18.6 Å². The molecular formula is C10H14N2O2S. The number of hydrogen-bond donors (Lipinski definition) is 1. The fourth-order valence-corrected chi connectivity index (χ4v) is 1.84. The molecule has 0 radical (unpaired) electrons. The van der Waals surface area contributed by atoms with Crippen LogP contribution in [-0.4, -0.2) is 23.8 Å². The molecule has 1 aromatic heterocycles. The van der Waals surface area contributed by atoms with Crippen LogP contribution >= 0.6 is 11.8 Å². The second-order valence-electron chi connectivity index (χ2n) is 3.15. The van der Waals surface area contributed by atoms with Crippen molar-refractivity contribution in [3.8, 4) is 0 Å². The molecule has 0 amide bonds. The first kappa shape index (κ1) is 11.8. The Kier molecular flexibility index (Phi) is 4.42. The van der Waals surface area contributed by atoms with Crippen LogP contribution in [0.25, 0.3) is 0 Å². The Labute approximate surface area is 93.2 Å². The molecule has 0 aromatic carbocycles. The topological polar surface area (TPSA) is 65.2 Å². The first-order valence-corrected chi connectivity index (χ1v) is 5.54. The molecule has 0 fully saturated rings. The number of esters is 1. The second kappa shape index (κ2) is 5.60. The lowest BCUT2D eigenvalue weighted by Gasteiger charge is -2.08. The molecule has 82 valence electrons. The maximum absolute atomic E-state index is 11.1. The molecule has 2 N–H and O–H groups in total. The van der Waals surface area contributed by atoms with Crippen LogP contribution < -0.4 is 5.73 Å². The van der Waals surface area contributed by atoms with Crippen LogP contribution in [0.2, 0.25) is 0 Å².